The minimum Gasteiger partial charge on any atom is -0.247 e. The molecule has 0 aromatic heterocycles. The quantitative estimate of drug-likeness (QED) is 0.174. The van der Waals surface area contributed by atoms with E-state index in [1.54, 1.807) is 0 Å². The van der Waals surface area contributed by atoms with Crippen molar-refractivity contribution in [3.8, 4) is 22.3 Å². The molecule has 2 nitrogen and oxygen atoms in total. The topological polar surface area (TPSA) is 24.7 Å². The lowest BCUT2D eigenvalue weighted by Crippen LogP contribution is -2.10. The summed E-state index contributed by atoms with van der Waals surface area (Å²) in [6.45, 7) is 0. The fourth-order valence-corrected chi connectivity index (χ4v) is 8.42. The number of aliphatic imine (C=N–C) groups is 2. The first-order valence-electron chi connectivity index (χ1n) is 19.1. The molecule has 0 radical (unpaired) electrons. The molecule has 0 saturated carbocycles. The van der Waals surface area contributed by atoms with Crippen LogP contribution in [0.25, 0.3) is 65.3 Å². The van der Waals surface area contributed by atoms with Crippen molar-refractivity contribution in [2.45, 2.75) is 0 Å². The molecule has 260 valence electrons. The van der Waals surface area contributed by atoms with Crippen LogP contribution in [-0.2, 0) is 0 Å². The van der Waals surface area contributed by atoms with Crippen molar-refractivity contribution < 1.29 is 0 Å². The molecule has 2 heteroatoms. The summed E-state index contributed by atoms with van der Waals surface area (Å²) in [7, 11) is 0. The Morgan fingerprint density at radius 1 is 0.232 bits per heavy atom. The summed E-state index contributed by atoms with van der Waals surface area (Å²) >= 11 is 0. The van der Waals surface area contributed by atoms with Gasteiger partial charge in [0.15, 0.2) is 0 Å². The minimum atomic E-state index is 0.897. The van der Waals surface area contributed by atoms with E-state index in [1.807, 2.05) is 0 Å². The van der Waals surface area contributed by atoms with Gasteiger partial charge in [0.25, 0.3) is 0 Å². The highest BCUT2D eigenvalue weighted by Crippen LogP contribution is 2.37. The van der Waals surface area contributed by atoms with Crippen LogP contribution in [0.1, 0.15) is 22.3 Å². The standard InChI is InChI=1S/C54H34N2/c1-3-15-45-35(11-1)13-9-19-47(45)41-27-23-39-33-43(29-25-37(39)31-41)53-49-17-5-7-21-51(49)56-54(50-18-6-8-22-52(50)55-53)44-30-26-38-32-42(28-24-40(38)34-44)48-20-10-14-36-12-2-4-16-46(36)48/h1-34H/b53-49?,54-50?,55-52?,55-53-,56-51?,56-54-. The number of rotatable bonds is 4. The Labute approximate surface area is 325 Å². The Hall–Kier alpha value is -7.42. The van der Waals surface area contributed by atoms with Crippen LogP contribution in [0, 0.1) is 0 Å². The van der Waals surface area contributed by atoms with Gasteiger partial charge >= 0.3 is 0 Å². The van der Waals surface area contributed by atoms with Crippen LogP contribution in [0.4, 0.5) is 11.4 Å². The predicted molar refractivity (Wildman–Crippen MR) is 237 cm³/mol. The Balaban J connectivity index is 0.996. The second kappa shape index (κ2) is 13.2. The molecule has 10 aromatic rings. The molecule has 1 aliphatic rings. The molecule has 0 fully saturated rings. The fourth-order valence-electron chi connectivity index (χ4n) is 8.42. The number of benzene rings is 10. The molecule has 56 heavy (non-hydrogen) atoms. The van der Waals surface area contributed by atoms with Crippen LogP contribution in [0.2, 0.25) is 0 Å². The number of hydrogen-bond acceptors (Lipinski definition) is 2. The summed E-state index contributed by atoms with van der Waals surface area (Å²) in [5, 5.41) is 9.76. The van der Waals surface area contributed by atoms with Gasteiger partial charge in [-0.1, -0.05) is 170 Å². The third-order valence-corrected chi connectivity index (χ3v) is 11.2. The van der Waals surface area contributed by atoms with Gasteiger partial charge in [-0.05, 0) is 102 Å². The van der Waals surface area contributed by atoms with Gasteiger partial charge in [-0.3, -0.25) is 0 Å². The second-order valence-electron chi connectivity index (χ2n) is 14.6. The molecule has 0 atom stereocenters. The van der Waals surface area contributed by atoms with Gasteiger partial charge in [0, 0.05) is 22.3 Å². The summed E-state index contributed by atoms with van der Waals surface area (Å²) in [5.74, 6) is 0. The third kappa shape index (κ3) is 5.51. The highest BCUT2D eigenvalue weighted by atomic mass is 14.8. The molecule has 0 amide bonds. The maximum Gasteiger partial charge on any atom is 0.0803 e. The zero-order chi connectivity index (χ0) is 37.0. The van der Waals surface area contributed by atoms with E-state index in [0.29, 0.717) is 0 Å². The van der Waals surface area contributed by atoms with Crippen LogP contribution in [0.5, 0.6) is 0 Å². The summed E-state index contributed by atoms with van der Waals surface area (Å²) in [6.07, 6.45) is 0. The maximum absolute atomic E-state index is 5.46. The van der Waals surface area contributed by atoms with E-state index in [0.717, 1.165) is 45.1 Å². The molecular formula is C54H34N2. The van der Waals surface area contributed by atoms with Crippen LogP contribution >= 0.6 is 0 Å². The van der Waals surface area contributed by atoms with Crippen molar-refractivity contribution in [1.82, 2.24) is 0 Å². The van der Waals surface area contributed by atoms with Gasteiger partial charge in [0.05, 0.1) is 22.8 Å². The number of para-hydroxylation sites is 2. The average Bonchev–Trinajstić information content (AvgIpc) is 3.26. The molecule has 0 N–H and O–H groups in total. The molecular weight excluding hydrogens is 677 g/mol. The van der Waals surface area contributed by atoms with E-state index in [9.17, 15) is 0 Å². The van der Waals surface area contributed by atoms with E-state index in [-0.39, 0.29) is 0 Å². The highest BCUT2D eigenvalue weighted by Gasteiger charge is 2.21. The molecule has 0 aliphatic carbocycles. The first-order valence-corrected chi connectivity index (χ1v) is 19.1. The van der Waals surface area contributed by atoms with Gasteiger partial charge < -0.3 is 0 Å². The smallest absolute Gasteiger partial charge is 0.0803 e. The van der Waals surface area contributed by atoms with E-state index >= 15 is 0 Å². The zero-order valence-corrected chi connectivity index (χ0v) is 30.5. The van der Waals surface area contributed by atoms with Crippen molar-refractivity contribution in [2.24, 2.45) is 9.98 Å². The molecule has 1 heterocycles. The molecule has 0 unspecified atom stereocenters. The summed E-state index contributed by atoms with van der Waals surface area (Å²) in [4.78, 5) is 10.9. The van der Waals surface area contributed by atoms with Crippen molar-refractivity contribution >= 4 is 65.9 Å². The lowest BCUT2D eigenvalue weighted by atomic mass is 9.92. The number of nitrogens with zero attached hydrogens (tertiary/aromatic N) is 2. The second-order valence-corrected chi connectivity index (χ2v) is 14.6. The normalized spacial score (nSPS) is 14.4. The van der Waals surface area contributed by atoms with Crippen LogP contribution in [0.15, 0.2) is 216 Å². The van der Waals surface area contributed by atoms with Crippen molar-refractivity contribution in [1.29, 1.82) is 0 Å². The average molecular weight is 711 g/mol. The van der Waals surface area contributed by atoms with Gasteiger partial charge in [-0.2, -0.15) is 0 Å². The molecule has 11 rings (SSSR count). The summed E-state index contributed by atoms with van der Waals surface area (Å²) in [5.41, 5.74) is 12.7. The predicted octanol–water partition coefficient (Wildman–Crippen LogP) is 14.3. The largest absolute Gasteiger partial charge is 0.247 e. The third-order valence-electron chi connectivity index (χ3n) is 11.2. The zero-order valence-electron chi connectivity index (χ0n) is 30.5. The van der Waals surface area contributed by atoms with Gasteiger partial charge in [-0.15, -0.1) is 0 Å². The van der Waals surface area contributed by atoms with Crippen molar-refractivity contribution in [3.63, 3.8) is 0 Å². The SMILES string of the molecule is c1ccc2c(c1)/N=C(/c1ccc3cc(-c4cccc5ccccc45)ccc3c1)c1ccccc1/N=C\2c1ccc2cc(-c3cccc4ccccc34)ccc2c1. The Bertz CT molecular complexity index is 3030. The first-order chi connectivity index (χ1) is 27.7. The van der Waals surface area contributed by atoms with Crippen LogP contribution < -0.4 is 0 Å². The maximum atomic E-state index is 5.46. The first kappa shape index (κ1) is 32.0. The molecule has 0 spiro atoms. The summed E-state index contributed by atoms with van der Waals surface area (Å²) < 4.78 is 0. The van der Waals surface area contributed by atoms with Gasteiger partial charge in [-0.25, -0.2) is 9.98 Å². The van der Waals surface area contributed by atoms with E-state index in [4.69, 9.17) is 9.98 Å². The van der Waals surface area contributed by atoms with E-state index in [2.05, 4.69) is 206 Å². The Kier molecular flexibility index (Phi) is 7.53. The van der Waals surface area contributed by atoms with Crippen molar-refractivity contribution in [2.75, 3.05) is 0 Å². The Morgan fingerprint density at radius 2 is 0.571 bits per heavy atom. The van der Waals surface area contributed by atoms with Crippen molar-refractivity contribution in [3.05, 3.63) is 229 Å². The molecule has 1 aliphatic heterocycles. The van der Waals surface area contributed by atoms with Gasteiger partial charge in [0.1, 0.15) is 0 Å². The van der Waals surface area contributed by atoms with Crippen LogP contribution in [0.3, 0.4) is 0 Å². The Morgan fingerprint density at radius 3 is 1.04 bits per heavy atom. The fraction of sp³-hybridized carbons (Fsp3) is 0. The lowest BCUT2D eigenvalue weighted by molar-refractivity contribution is 1.39. The van der Waals surface area contributed by atoms with Crippen LogP contribution in [-0.4, -0.2) is 11.4 Å². The highest BCUT2D eigenvalue weighted by molar-refractivity contribution is 6.23. The molecule has 0 bridgehead atoms. The molecule has 10 aromatic carbocycles. The summed E-state index contributed by atoms with van der Waals surface area (Å²) in [6, 6.07) is 74.0. The minimum absolute atomic E-state index is 0.897. The molecule has 0 saturated heterocycles. The van der Waals surface area contributed by atoms with E-state index < -0.39 is 0 Å². The monoisotopic (exact) mass is 710 g/mol. The lowest BCUT2D eigenvalue weighted by Gasteiger charge is -2.18. The number of fused-ring (bicyclic) bond motifs is 6. The number of hydrogen-bond donors (Lipinski definition) is 0. The van der Waals surface area contributed by atoms with E-state index in [1.165, 1.54) is 65.3 Å². The van der Waals surface area contributed by atoms with Gasteiger partial charge in [0.2, 0.25) is 0 Å².